The van der Waals surface area contributed by atoms with Gasteiger partial charge in [-0.1, -0.05) is 18.2 Å². The first-order chi connectivity index (χ1) is 12.7. The minimum Gasteiger partial charge on any atom is -0.392 e. The van der Waals surface area contributed by atoms with E-state index in [0.717, 1.165) is 42.9 Å². The van der Waals surface area contributed by atoms with Crippen LogP contribution >= 0.6 is 0 Å². The maximum absolute atomic E-state index is 9.33. The van der Waals surface area contributed by atoms with Crippen LogP contribution in [0.1, 0.15) is 30.1 Å². The Morgan fingerprint density at radius 1 is 1.27 bits per heavy atom. The quantitative estimate of drug-likeness (QED) is 0.561. The summed E-state index contributed by atoms with van der Waals surface area (Å²) in [5.41, 5.74) is 8.82. The van der Waals surface area contributed by atoms with Crippen LogP contribution in [0.15, 0.2) is 30.5 Å². The van der Waals surface area contributed by atoms with Gasteiger partial charge in [0.05, 0.1) is 18.5 Å². The Morgan fingerprint density at radius 3 is 3.00 bits per heavy atom. The molecule has 3 heterocycles. The van der Waals surface area contributed by atoms with Gasteiger partial charge in [0.1, 0.15) is 5.82 Å². The number of H-pyrrole nitrogens is 1. The fourth-order valence-electron chi connectivity index (χ4n) is 3.18. The molecule has 1 atom stereocenters. The van der Waals surface area contributed by atoms with Gasteiger partial charge in [0.25, 0.3) is 0 Å². The van der Waals surface area contributed by atoms with E-state index < -0.39 is 0 Å². The van der Waals surface area contributed by atoms with Crippen molar-refractivity contribution in [2.75, 3.05) is 18.8 Å². The maximum atomic E-state index is 9.33. The van der Waals surface area contributed by atoms with Crippen molar-refractivity contribution in [2.45, 2.75) is 25.4 Å². The van der Waals surface area contributed by atoms with Crippen LogP contribution in [0, 0.1) is 0 Å². The maximum Gasteiger partial charge on any atom is 0.203 e. The van der Waals surface area contributed by atoms with Crippen molar-refractivity contribution in [3.05, 3.63) is 41.9 Å². The van der Waals surface area contributed by atoms with Crippen molar-refractivity contribution < 1.29 is 5.11 Å². The lowest BCUT2D eigenvalue weighted by Gasteiger charge is -2.20. The number of hydrogen-bond acceptors (Lipinski definition) is 7. The third kappa shape index (κ3) is 3.29. The lowest BCUT2D eigenvalue weighted by molar-refractivity contribution is 0.282. The van der Waals surface area contributed by atoms with Crippen LogP contribution in [0.4, 0.5) is 5.82 Å². The highest BCUT2D eigenvalue weighted by Crippen LogP contribution is 2.26. The lowest BCUT2D eigenvalue weighted by Crippen LogP contribution is -2.28. The molecule has 0 unspecified atom stereocenters. The van der Waals surface area contributed by atoms with Crippen LogP contribution in [0.2, 0.25) is 0 Å². The second kappa shape index (κ2) is 7.19. The molecule has 4 rings (SSSR count). The van der Waals surface area contributed by atoms with E-state index in [1.54, 1.807) is 6.20 Å². The van der Waals surface area contributed by atoms with Gasteiger partial charge >= 0.3 is 0 Å². The minimum atomic E-state index is -0.0250. The SMILES string of the molecule is Nc1ncc(-c2cccc(CO)c2)nc1-c1n[nH]c([C@H]2CCCNC2)n1. The highest BCUT2D eigenvalue weighted by atomic mass is 16.3. The highest BCUT2D eigenvalue weighted by Gasteiger charge is 2.21. The summed E-state index contributed by atoms with van der Waals surface area (Å²) in [4.78, 5) is 13.5. The number of nitrogen functional groups attached to an aromatic ring is 1. The van der Waals surface area contributed by atoms with E-state index in [4.69, 9.17) is 5.73 Å². The summed E-state index contributed by atoms with van der Waals surface area (Å²) < 4.78 is 0. The van der Waals surface area contributed by atoms with Gasteiger partial charge in [-0.15, -0.1) is 0 Å². The molecule has 2 aromatic heterocycles. The molecule has 1 aliphatic rings. The molecule has 134 valence electrons. The fraction of sp³-hybridized carbons (Fsp3) is 0.333. The molecule has 0 radical (unpaired) electrons. The van der Waals surface area contributed by atoms with Crippen LogP contribution in [0.3, 0.4) is 0 Å². The number of aromatic amines is 1. The summed E-state index contributed by atoms with van der Waals surface area (Å²) in [6, 6.07) is 7.52. The average molecular weight is 351 g/mol. The molecule has 0 bridgehead atoms. The Bertz CT molecular complexity index is 902. The van der Waals surface area contributed by atoms with Gasteiger partial charge in [-0.3, -0.25) is 5.10 Å². The molecule has 0 spiro atoms. The van der Waals surface area contributed by atoms with Crippen LogP contribution in [-0.2, 0) is 6.61 Å². The monoisotopic (exact) mass is 351 g/mol. The zero-order valence-corrected chi connectivity index (χ0v) is 14.3. The van der Waals surface area contributed by atoms with Gasteiger partial charge in [-0.25, -0.2) is 15.0 Å². The van der Waals surface area contributed by atoms with E-state index >= 15 is 0 Å². The zero-order chi connectivity index (χ0) is 17.9. The Labute approximate surface area is 150 Å². The standard InChI is InChI=1S/C18H21N7O/c19-16-15(18-23-17(24-25-18)13-5-2-6-20-8-13)22-14(9-21-16)12-4-1-3-11(7-12)10-26/h1,3-4,7,9,13,20,26H,2,5-6,8,10H2,(H2,19,21)(H,23,24,25)/t13-/m0/s1. The molecule has 1 aliphatic heterocycles. The normalized spacial score (nSPS) is 17.3. The summed E-state index contributed by atoms with van der Waals surface area (Å²) in [5.74, 6) is 1.92. The highest BCUT2D eigenvalue weighted by molar-refractivity contribution is 5.69. The molecular formula is C18H21N7O. The zero-order valence-electron chi connectivity index (χ0n) is 14.3. The number of nitrogens with one attached hydrogen (secondary N) is 2. The average Bonchev–Trinajstić information content (AvgIpc) is 3.19. The van der Waals surface area contributed by atoms with E-state index in [2.05, 4.69) is 30.5 Å². The predicted octanol–water partition coefficient (Wildman–Crippen LogP) is 1.47. The summed E-state index contributed by atoms with van der Waals surface area (Å²) in [5, 5.41) is 20.0. The molecule has 5 N–H and O–H groups in total. The van der Waals surface area contributed by atoms with E-state index in [9.17, 15) is 5.11 Å². The molecule has 26 heavy (non-hydrogen) atoms. The minimum absolute atomic E-state index is 0.0250. The third-order valence-corrected chi connectivity index (χ3v) is 4.60. The topological polar surface area (TPSA) is 126 Å². The van der Waals surface area contributed by atoms with Crippen LogP contribution in [-0.4, -0.2) is 43.3 Å². The van der Waals surface area contributed by atoms with Crippen LogP contribution in [0.5, 0.6) is 0 Å². The molecule has 3 aromatic rings. The van der Waals surface area contributed by atoms with Crippen molar-refractivity contribution >= 4 is 5.82 Å². The fourth-order valence-corrected chi connectivity index (χ4v) is 3.18. The van der Waals surface area contributed by atoms with E-state index in [1.807, 2.05) is 24.3 Å². The molecule has 0 saturated carbocycles. The molecule has 1 saturated heterocycles. The van der Waals surface area contributed by atoms with Gasteiger partial charge in [0.15, 0.2) is 11.5 Å². The van der Waals surface area contributed by atoms with Crippen molar-refractivity contribution in [3.63, 3.8) is 0 Å². The number of benzene rings is 1. The molecular weight excluding hydrogens is 330 g/mol. The number of aliphatic hydroxyl groups excluding tert-OH is 1. The molecule has 8 nitrogen and oxygen atoms in total. The number of nitrogens with two attached hydrogens (primary N) is 1. The molecule has 8 heteroatoms. The number of piperidine rings is 1. The third-order valence-electron chi connectivity index (χ3n) is 4.60. The molecule has 1 fully saturated rings. The Morgan fingerprint density at radius 2 is 2.19 bits per heavy atom. The number of rotatable bonds is 4. The van der Waals surface area contributed by atoms with Crippen molar-refractivity contribution in [1.82, 2.24) is 30.5 Å². The van der Waals surface area contributed by atoms with E-state index in [-0.39, 0.29) is 6.61 Å². The first-order valence-electron chi connectivity index (χ1n) is 8.70. The Balaban J connectivity index is 1.67. The van der Waals surface area contributed by atoms with Crippen LogP contribution in [0.25, 0.3) is 22.8 Å². The first-order valence-corrected chi connectivity index (χ1v) is 8.70. The number of anilines is 1. The van der Waals surface area contributed by atoms with Crippen molar-refractivity contribution in [1.29, 1.82) is 0 Å². The molecule has 0 aliphatic carbocycles. The summed E-state index contributed by atoms with van der Waals surface area (Å²) in [6.45, 7) is 1.91. The number of aromatic nitrogens is 5. The second-order valence-electron chi connectivity index (χ2n) is 6.44. The largest absolute Gasteiger partial charge is 0.392 e. The number of aliphatic hydroxyl groups is 1. The number of nitrogens with zero attached hydrogens (tertiary/aromatic N) is 4. The molecule has 1 aromatic carbocycles. The van der Waals surface area contributed by atoms with Gasteiger partial charge in [0, 0.05) is 18.0 Å². The van der Waals surface area contributed by atoms with E-state index in [0.29, 0.717) is 28.9 Å². The van der Waals surface area contributed by atoms with E-state index in [1.165, 1.54) is 0 Å². The van der Waals surface area contributed by atoms with Gasteiger partial charge < -0.3 is 16.2 Å². The van der Waals surface area contributed by atoms with Crippen molar-refractivity contribution in [3.8, 4) is 22.8 Å². The van der Waals surface area contributed by atoms with Crippen LogP contribution < -0.4 is 11.1 Å². The second-order valence-corrected chi connectivity index (χ2v) is 6.44. The summed E-state index contributed by atoms with van der Waals surface area (Å²) >= 11 is 0. The van der Waals surface area contributed by atoms with Crippen molar-refractivity contribution in [2.24, 2.45) is 0 Å². The first kappa shape index (κ1) is 16.6. The Hall–Kier alpha value is -2.84. The van der Waals surface area contributed by atoms with Gasteiger partial charge in [-0.05, 0) is 31.0 Å². The smallest absolute Gasteiger partial charge is 0.203 e. The number of hydrogen-bond donors (Lipinski definition) is 4. The summed E-state index contributed by atoms with van der Waals surface area (Å²) in [7, 11) is 0. The summed E-state index contributed by atoms with van der Waals surface area (Å²) in [6.07, 6.45) is 3.82. The Kier molecular flexibility index (Phi) is 4.59. The van der Waals surface area contributed by atoms with Gasteiger partial charge in [0.2, 0.25) is 5.82 Å². The predicted molar refractivity (Wildman–Crippen MR) is 98.0 cm³/mol. The molecule has 0 amide bonds. The lowest BCUT2D eigenvalue weighted by atomic mass is 9.99. The van der Waals surface area contributed by atoms with Gasteiger partial charge in [-0.2, -0.15) is 5.10 Å².